The van der Waals surface area contributed by atoms with E-state index < -0.39 is 12.3 Å². The second-order valence-electron chi connectivity index (χ2n) is 8.95. The second-order valence-corrected chi connectivity index (χ2v) is 8.95. The largest absolute Gasteiger partial charge is 0.519 e. The molecule has 0 heterocycles. The third kappa shape index (κ3) is 6.74. The van der Waals surface area contributed by atoms with E-state index in [0.717, 1.165) is 22.3 Å². The fourth-order valence-corrected chi connectivity index (χ4v) is 4.16. The Morgan fingerprint density at radius 3 is 1.50 bits per heavy atom. The maximum atomic E-state index is 12.5. The first-order chi connectivity index (χ1) is 19.5. The molecule has 0 bridgehead atoms. The highest BCUT2D eigenvalue weighted by Gasteiger charge is 2.17. The van der Waals surface area contributed by atoms with Crippen LogP contribution in [0.3, 0.4) is 0 Å². The summed E-state index contributed by atoms with van der Waals surface area (Å²) in [7, 11) is 0. The molecule has 1 unspecified atom stereocenters. The number of carbonyl (C=O) groups is 2. The molecular weight excluding hydrogens is 504 g/mol. The summed E-state index contributed by atoms with van der Waals surface area (Å²) in [5.74, 6) is 1.58. The van der Waals surface area contributed by atoms with Gasteiger partial charge in [-0.1, -0.05) is 91.9 Å². The van der Waals surface area contributed by atoms with E-state index in [-0.39, 0.29) is 5.92 Å². The van der Waals surface area contributed by atoms with Gasteiger partial charge in [-0.3, -0.25) is 0 Å². The van der Waals surface area contributed by atoms with Crippen molar-refractivity contribution in [3.63, 3.8) is 0 Å². The molecule has 0 spiro atoms. The van der Waals surface area contributed by atoms with Gasteiger partial charge in [0.15, 0.2) is 0 Å². The molecule has 5 rings (SSSR count). The Morgan fingerprint density at radius 2 is 0.950 bits per heavy atom. The van der Waals surface area contributed by atoms with E-state index in [0.29, 0.717) is 23.0 Å². The van der Waals surface area contributed by atoms with E-state index in [2.05, 4.69) is 6.92 Å². The Bertz CT molecular complexity index is 1570. The monoisotopic (exact) mass is 530 g/mol. The first-order valence-corrected chi connectivity index (χ1v) is 12.7. The van der Waals surface area contributed by atoms with Gasteiger partial charge in [-0.2, -0.15) is 0 Å². The SMILES string of the molecule is CC(c1ccc(OC(=O)Oc2ccccc2)cc1)c1ccc(OC(=O)Oc2ccccc2)c(-c2ccccc2)c1. The first kappa shape index (κ1) is 26.3. The molecule has 6 heteroatoms. The fraction of sp³-hybridized carbons (Fsp3) is 0.0588. The summed E-state index contributed by atoms with van der Waals surface area (Å²) in [5, 5.41) is 0. The third-order valence-electron chi connectivity index (χ3n) is 6.25. The van der Waals surface area contributed by atoms with Gasteiger partial charge < -0.3 is 18.9 Å². The number of hydrogen-bond donors (Lipinski definition) is 0. The van der Waals surface area contributed by atoms with Crippen LogP contribution in [-0.2, 0) is 0 Å². The minimum Gasteiger partial charge on any atom is -0.395 e. The zero-order valence-corrected chi connectivity index (χ0v) is 21.7. The van der Waals surface area contributed by atoms with Crippen molar-refractivity contribution in [3.05, 3.63) is 145 Å². The van der Waals surface area contributed by atoms with Crippen LogP contribution >= 0.6 is 0 Å². The lowest BCUT2D eigenvalue weighted by Gasteiger charge is -2.17. The van der Waals surface area contributed by atoms with Crippen LogP contribution in [0, 0.1) is 0 Å². The molecule has 0 fully saturated rings. The Kier molecular flexibility index (Phi) is 8.18. The number of carbonyl (C=O) groups excluding carboxylic acids is 2. The van der Waals surface area contributed by atoms with Crippen LogP contribution in [0.1, 0.15) is 24.0 Å². The van der Waals surface area contributed by atoms with E-state index in [9.17, 15) is 9.59 Å². The van der Waals surface area contributed by atoms with Gasteiger partial charge in [0.05, 0.1) is 0 Å². The average molecular weight is 531 g/mol. The Balaban J connectivity index is 1.32. The Hall–Kier alpha value is -5.36. The standard InChI is InChI=1S/C34H26O6/c1-24(25-17-20-30(21-18-25)39-33(35)37-28-13-7-3-8-14-28)27-19-22-32(31(23-27)26-11-5-2-6-12-26)40-34(36)38-29-15-9-4-10-16-29/h2-24H,1H3. The number of benzene rings is 5. The van der Waals surface area contributed by atoms with E-state index >= 15 is 0 Å². The van der Waals surface area contributed by atoms with Crippen molar-refractivity contribution < 1.29 is 28.5 Å². The van der Waals surface area contributed by atoms with Gasteiger partial charge in [0.2, 0.25) is 0 Å². The van der Waals surface area contributed by atoms with Crippen molar-refractivity contribution in [2.75, 3.05) is 0 Å². The van der Waals surface area contributed by atoms with Crippen molar-refractivity contribution in [3.8, 4) is 34.1 Å². The van der Waals surface area contributed by atoms with Crippen LogP contribution in [0.2, 0.25) is 0 Å². The van der Waals surface area contributed by atoms with E-state index in [1.807, 2.05) is 66.7 Å². The molecule has 40 heavy (non-hydrogen) atoms. The highest BCUT2D eigenvalue weighted by atomic mass is 16.7. The molecule has 0 N–H and O–H groups in total. The van der Waals surface area contributed by atoms with Crippen molar-refractivity contribution in [2.24, 2.45) is 0 Å². The third-order valence-corrected chi connectivity index (χ3v) is 6.25. The van der Waals surface area contributed by atoms with E-state index in [1.54, 1.807) is 66.7 Å². The molecule has 6 nitrogen and oxygen atoms in total. The molecule has 0 aliphatic heterocycles. The predicted octanol–water partition coefficient (Wildman–Crippen LogP) is 8.66. The van der Waals surface area contributed by atoms with E-state index in [4.69, 9.17) is 18.9 Å². The van der Waals surface area contributed by atoms with Crippen molar-refractivity contribution in [2.45, 2.75) is 12.8 Å². The van der Waals surface area contributed by atoms with Gasteiger partial charge in [-0.25, -0.2) is 9.59 Å². The number of ether oxygens (including phenoxy) is 4. The molecule has 5 aromatic carbocycles. The summed E-state index contributed by atoms with van der Waals surface area (Å²) in [4.78, 5) is 24.6. The molecule has 0 radical (unpaired) electrons. The summed E-state index contributed by atoms with van der Waals surface area (Å²) >= 11 is 0. The number of para-hydroxylation sites is 2. The zero-order chi connectivity index (χ0) is 27.7. The van der Waals surface area contributed by atoms with Crippen LogP contribution in [0.5, 0.6) is 23.0 Å². The molecule has 0 aliphatic carbocycles. The van der Waals surface area contributed by atoms with Crippen LogP contribution in [0.25, 0.3) is 11.1 Å². The number of rotatable bonds is 7. The zero-order valence-electron chi connectivity index (χ0n) is 21.7. The Labute approximate surface area is 232 Å². The topological polar surface area (TPSA) is 71.1 Å². The van der Waals surface area contributed by atoms with Crippen LogP contribution in [0.15, 0.2) is 133 Å². The fourth-order valence-electron chi connectivity index (χ4n) is 4.16. The van der Waals surface area contributed by atoms with Crippen molar-refractivity contribution in [1.29, 1.82) is 0 Å². The highest BCUT2D eigenvalue weighted by molar-refractivity contribution is 5.76. The van der Waals surface area contributed by atoms with Crippen molar-refractivity contribution in [1.82, 2.24) is 0 Å². The Morgan fingerprint density at radius 1 is 0.500 bits per heavy atom. The first-order valence-electron chi connectivity index (χ1n) is 12.7. The minimum atomic E-state index is -0.814. The minimum absolute atomic E-state index is 0.00176. The van der Waals surface area contributed by atoms with Gasteiger partial charge in [0, 0.05) is 11.5 Å². The molecule has 0 aromatic heterocycles. The molecule has 0 amide bonds. The summed E-state index contributed by atoms with van der Waals surface area (Å²) in [5.41, 5.74) is 3.69. The second kappa shape index (κ2) is 12.5. The van der Waals surface area contributed by atoms with Crippen LogP contribution in [-0.4, -0.2) is 12.3 Å². The highest BCUT2D eigenvalue weighted by Crippen LogP contribution is 2.35. The summed E-state index contributed by atoms with van der Waals surface area (Å²) < 4.78 is 21.4. The van der Waals surface area contributed by atoms with Gasteiger partial charge in [0.1, 0.15) is 23.0 Å². The molecule has 198 valence electrons. The quantitative estimate of drug-likeness (QED) is 0.155. The summed E-state index contributed by atoms with van der Waals surface area (Å²) in [6.45, 7) is 2.08. The molecule has 0 saturated carbocycles. The number of hydrogen-bond acceptors (Lipinski definition) is 6. The summed E-state index contributed by atoms with van der Waals surface area (Å²) in [6.07, 6.45) is -1.62. The molecule has 5 aromatic rings. The van der Waals surface area contributed by atoms with Crippen molar-refractivity contribution >= 4 is 12.3 Å². The van der Waals surface area contributed by atoms with Crippen LogP contribution in [0.4, 0.5) is 9.59 Å². The molecular formula is C34H26O6. The van der Waals surface area contributed by atoms with Gasteiger partial charge in [-0.15, -0.1) is 0 Å². The van der Waals surface area contributed by atoms with Gasteiger partial charge >= 0.3 is 12.3 Å². The lowest BCUT2D eigenvalue weighted by atomic mass is 9.90. The normalized spacial score (nSPS) is 11.2. The molecule has 0 saturated heterocycles. The maximum absolute atomic E-state index is 12.5. The lowest BCUT2D eigenvalue weighted by Crippen LogP contribution is -2.14. The van der Waals surface area contributed by atoms with E-state index in [1.165, 1.54) is 0 Å². The lowest BCUT2D eigenvalue weighted by molar-refractivity contribution is 0.150. The summed E-state index contributed by atoms with van der Waals surface area (Å²) in [6, 6.07) is 40.2. The van der Waals surface area contributed by atoms with Gasteiger partial charge in [0.25, 0.3) is 0 Å². The smallest absolute Gasteiger partial charge is 0.395 e. The molecule has 1 atom stereocenters. The van der Waals surface area contributed by atoms with Gasteiger partial charge in [-0.05, 0) is 65.2 Å². The average Bonchev–Trinajstić information content (AvgIpc) is 2.99. The predicted molar refractivity (Wildman–Crippen MR) is 152 cm³/mol. The molecule has 0 aliphatic rings. The maximum Gasteiger partial charge on any atom is 0.519 e. The van der Waals surface area contributed by atoms with Crippen LogP contribution < -0.4 is 18.9 Å².